The second-order valence-electron chi connectivity index (χ2n) is 7.98. The first-order valence-corrected chi connectivity index (χ1v) is 10.1. The molecule has 0 amide bonds. The lowest BCUT2D eigenvalue weighted by Gasteiger charge is -2.18. The molecule has 8 heteroatoms. The fourth-order valence-corrected chi connectivity index (χ4v) is 3.56. The summed E-state index contributed by atoms with van der Waals surface area (Å²) in [5, 5.41) is 27.6. The summed E-state index contributed by atoms with van der Waals surface area (Å²) < 4.78 is 1.70. The molecular formula is C23H21ClN6O. The van der Waals surface area contributed by atoms with Gasteiger partial charge in [0, 0.05) is 24.0 Å². The van der Waals surface area contributed by atoms with Gasteiger partial charge in [0.05, 0.1) is 22.8 Å². The molecule has 0 atom stereocenters. The first-order valence-electron chi connectivity index (χ1n) is 9.74. The minimum absolute atomic E-state index is 0.344. The van der Waals surface area contributed by atoms with E-state index in [9.17, 15) is 10.4 Å². The van der Waals surface area contributed by atoms with Crippen LogP contribution < -0.4 is 5.32 Å². The zero-order chi connectivity index (χ0) is 22.2. The van der Waals surface area contributed by atoms with E-state index in [0.29, 0.717) is 34.4 Å². The van der Waals surface area contributed by atoms with Gasteiger partial charge in [0.25, 0.3) is 0 Å². The van der Waals surface area contributed by atoms with Crippen LogP contribution in [-0.2, 0) is 0 Å². The molecule has 0 saturated heterocycles. The molecule has 7 nitrogen and oxygen atoms in total. The van der Waals surface area contributed by atoms with Crippen molar-refractivity contribution < 1.29 is 5.11 Å². The predicted octanol–water partition coefficient (Wildman–Crippen LogP) is 4.47. The highest BCUT2D eigenvalue weighted by Crippen LogP contribution is 2.36. The van der Waals surface area contributed by atoms with Crippen molar-refractivity contribution >= 4 is 23.1 Å². The molecule has 0 spiro atoms. The molecule has 4 rings (SSSR count). The first-order chi connectivity index (χ1) is 14.7. The van der Waals surface area contributed by atoms with Crippen molar-refractivity contribution in [2.24, 2.45) is 0 Å². The Labute approximate surface area is 185 Å². The normalized spacial score (nSPS) is 11.5. The Morgan fingerprint density at radius 1 is 1.16 bits per heavy atom. The maximum atomic E-state index is 10.0. The van der Waals surface area contributed by atoms with Gasteiger partial charge in [-0.15, -0.1) is 0 Å². The van der Waals surface area contributed by atoms with Crippen LogP contribution in [0.4, 0.5) is 5.82 Å². The number of aromatic nitrogens is 4. The van der Waals surface area contributed by atoms with Crippen molar-refractivity contribution in [3.05, 3.63) is 65.1 Å². The summed E-state index contributed by atoms with van der Waals surface area (Å²) >= 11 is 6.25. The predicted molar refractivity (Wildman–Crippen MR) is 121 cm³/mol. The second-order valence-corrected chi connectivity index (χ2v) is 8.37. The number of fused-ring (bicyclic) bond motifs is 1. The Kier molecular flexibility index (Phi) is 5.36. The molecule has 0 saturated carbocycles. The number of halogens is 1. The third kappa shape index (κ3) is 4.50. The van der Waals surface area contributed by atoms with Gasteiger partial charge in [0.15, 0.2) is 5.65 Å². The van der Waals surface area contributed by atoms with Gasteiger partial charge in [-0.05, 0) is 56.7 Å². The Bertz CT molecular complexity index is 1300. The molecule has 3 heterocycles. The molecule has 0 aliphatic carbocycles. The number of hydrogen-bond acceptors (Lipinski definition) is 6. The van der Waals surface area contributed by atoms with Crippen LogP contribution in [0.5, 0.6) is 0 Å². The van der Waals surface area contributed by atoms with Gasteiger partial charge in [0.1, 0.15) is 16.7 Å². The summed E-state index contributed by atoms with van der Waals surface area (Å²) in [6.07, 6.45) is 1.81. The van der Waals surface area contributed by atoms with E-state index in [2.05, 4.69) is 16.4 Å². The smallest absolute Gasteiger partial charge is 0.165 e. The molecule has 0 radical (unpaired) electrons. The third-order valence-electron chi connectivity index (χ3n) is 4.66. The number of hydrogen-bond donors (Lipinski definition) is 2. The topological polar surface area (TPSA) is 99.1 Å². The maximum Gasteiger partial charge on any atom is 0.165 e. The number of aliphatic hydroxyl groups is 1. The van der Waals surface area contributed by atoms with Crippen LogP contribution in [0.3, 0.4) is 0 Å². The SMILES string of the molecule is Cc1cc(-c2c(-c3cccc(C#N)c3)nn3ccc(NCC(C)(C)O)nc23)cc(Cl)n1. The van der Waals surface area contributed by atoms with Crippen LogP contribution in [0.25, 0.3) is 28.0 Å². The Balaban J connectivity index is 1.95. The van der Waals surface area contributed by atoms with E-state index >= 15 is 0 Å². The van der Waals surface area contributed by atoms with Crippen molar-refractivity contribution in [1.82, 2.24) is 19.6 Å². The van der Waals surface area contributed by atoms with E-state index in [1.54, 1.807) is 42.6 Å². The summed E-state index contributed by atoms with van der Waals surface area (Å²) in [6, 6.07) is 15.0. The standard InChI is InChI=1S/C23H21ClN6O/c1-14-9-17(11-18(24)27-14)20-21(16-6-4-5-15(10-16)12-25)29-30-8-7-19(28-22(20)30)26-13-23(2,3)31/h4-11,31H,13H2,1-3H3,(H,26,28). The van der Waals surface area contributed by atoms with Crippen LogP contribution in [0.2, 0.25) is 5.15 Å². The van der Waals surface area contributed by atoms with E-state index in [-0.39, 0.29) is 0 Å². The molecule has 0 aliphatic rings. The van der Waals surface area contributed by atoms with Gasteiger partial charge in [-0.2, -0.15) is 10.4 Å². The summed E-state index contributed by atoms with van der Waals surface area (Å²) in [6.45, 7) is 5.67. The summed E-state index contributed by atoms with van der Waals surface area (Å²) in [5.74, 6) is 0.616. The molecule has 156 valence electrons. The minimum atomic E-state index is -0.879. The van der Waals surface area contributed by atoms with E-state index in [4.69, 9.17) is 21.7 Å². The van der Waals surface area contributed by atoms with Gasteiger partial charge in [-0.3, -0.25) is 0 Å². The molecule has 0 fully saturated rings. The van der Waals surface area contributed by atoms with Crippen molar-refractivity contribution in [2.45, 2.75) is 26.4 Å². The van der Waals surface area contributed by atoms with E-state index in [0.717, 1.165) is 22.4 Å². The summed E-state index contributed by atoms with van der Waals surface area (Å²) in [7, 11) is 0. The molecule has 0 bridgehead atoms. The number of nitrogens with zero attached hydrogens (tertiary/aromatic N) is 5. The lowest BCUT2D eigenvalue weighted by molar-refractivity contribution is 0.0944. The van der Waals surface area contributed by atoms with Crippen molar-refractivity contribution in [1.29, 1.82) is 5.26 Å². The zero-order valence-corrected chi connectivity index (χ0v) is 18.1. The Morgan fingerprint density at radius 3 is 2.68 bits per heavy atom. The number of rotatable bonds is 5. The minimum Gasteiger partial charge on any atom is -0.389 e. The quantitative estimate of drug-likeness (QED) is 0.451. The van der Waals surface area contributed by atoms with Crippen LogP contribution in [0.1, 0.15) is 25.1 Å². The Morgan fingerprint density at radius 2 is 1.97 bits per heavy atom. The van der Waals surface area contributed by atoms with Gasteiger partial charge in [0.2, 0.25) is 0 Å². The number of benzene rings is 1. The summed E-state index contributed by atoms with van der Waals surface area (Å²) in [4.78, 5) is 9.02. The third-order valence-corrected chi connectivity index (χ3v) is 4.86. The van der Waals surface area contributed by atoms with E-state index in [1.165, 1.54) is 0 Å². The van der Waals surface area contributed by atoms with Gasteiger partial charge in [-0.1, -0.05) is 23.7 Å². The molecule has 0 aliphatic heterocycles. The van der Waals surface area contributed by atoms with Gasteiger partial charge < -0.3 is 10.4 Å². The molecule has 1 aromatic carbocycles. The largest absolute Gasteiger partial charge is 0.389 e. The van der Waals surface area contributed by atoms with E-state index in [1.807, 2.05) is 31.3 Å². The maximum absolute atomic E-state index is 10.0. The number of pyridine rings is 1. The van der Waals surface area contributed by atoms with E-state index < -0.39 is 5.60 Å². The molecule has 4 aromatic rings. The number of nitriles is 1. The molecule has 3 aromatic heterocycles. The van der Waals surface area contributed by atoms with Crippen LogP contribution in [0, 0.1) is 18.3 Å². The molecular weight excluding hydrogens is 412 g/mol. The van der Waals surface area contributed by atoms with Crippen molar-refractivity contribution in [3.8, 4) is 28.5 Å². The molecule has 31 heavy (non-hydrogen) atoms. The summed E-state index contributed by atoms with van der Waals surface area (Å²) in [5.41, 5.74) is 4.17. The lowest BCUT2D eigenvalue weighted by Crippen LogP contribution is -2.29. The van der Waals surface area contributed by atoms with Crippen LogP contribution in [0.15, 0.2) is 48.7 Å². The second kappa shape index (κ2) is 7.99. The van der Waals surface area contributed by atoms with Crippen molar-refractivity contribution in [3.63, 3.8) is 0 Å². The molecule has 0 unspecified atom stereocenters. The number of nitrogens with one attached hydrogen (secondary N) is 1. The highest BCUT2D eigenvalue weighted by atomic mass is 35.5. The Hall–Kier alpha value is -3.47. The molecule has 2 N–H and O–H groups in total. The fourth-order valence-electron chi connectivity index (χ4n) is 3.31. The van der Waals surface area contributed by atoms with Gasteiger partial charge in [-0.25, -0.2) is 14.5 Å². The highest BCUT2D eigenvalue weighted by molar-refractivity contribution is 6.29. The first kappa shape index (κ1) is 20.8. The monoisotopic (exact) mass is 432 g/mol. The zero-order valence-electron chi connectivity index (χ0n) is 17.4. The van der Waals surface area contributed by atoms with Crippen LogP contribution in [-0.4, -0.2) is 36.8 Å². The average molecular weight is 433 g/mol. The number of anilines is 1. The average Bonchev–Trinajstić information content (AvgIpc) is 3.10. The number of aryl methyl sites for hydroxylation is 1. The lowest BCUT2D eigenvalue weighted by atomic mass is 10.00. The van der Waals surface area contributed by atoms with Crippen molar-refractivity contribution in [2.75, 3.05) is 11.9 Å². The highest BCUT2D eigenvalue weighted by Gasteiger charge is 2.20. The van der Waals surface area contributed by atoms with Crippen LogP contribution >= 0.6 is 11.6 Å². The van der Waals surface area contributed by atoms with Gasteiger partial charge >= 0.3 is 0 Å². The fraction of sp³-hybridized carbons (Fsp3) is 0.217.